The van der Waals surface area contributed by atoms with Crippen molar-refractivity contribution in [1.29, 1.82) is 0 Å². The van der Waals surface area contributed by atoms with Crippen LogP contribution in [0, 0.1) is 5.82 Å². The van der Waals surface area contributed by atoms with Crippen LogP contribution in [0.3, 0.4) is 0 Å². The van der Waals surface area contributed by atoms with Crippen molar-refractivity contribution in [1.82, 2.24) is 9.97 Å². The minimum Gasteiger partial charge on any atom is -0.451 e. The smallest absolute Gasteiger partial charge is 0.341 e. The van der Waals surface area contributed by atoms with E-state index >= 15 is 0 Å². The summed E-state index contributed by atoms with van der Waals surface area (Å²) in [6.45, 7) is 1.56. The van der Waals surface area contributed by atoms with Gasteiger partial charge in [-0.15, -0.1) is 0 Å². The Hall–Kier alpha value is -2.54. The van der Waals surface area contributed by atoms with Gasteiger partial charge in [-0.25, -0.2) is 14.2 Å². The first kappa shape index (κ1) is 16.3. The highest BCUT2D eigenvalue weighted by atomic mass is 79.9. The molecule has 122 valence electrons. The van der Waals surface area contributed by atoms with Crippen molar-refractivity contribution in [2.75, 3.05) is 0 Å². The molecule has 0 fully saturated rings. The van der Waals surface area contributed by atoms with E-state index in [2.05, 4.69) is 25.9 Å². The largest absolute Gasteiger partial charge is 0.451 e. The molecule has 0 amide bonds. The van der Waals surface area contributed by atoms with Gasteiger partial charge >= 0.3 is 5.97 Å². The van der Waals surface area contributed by atoms with Crippen LogP contribution < -0.4 is 5.56 Å². The van der Waals surface area contributed by atoms with Crippen molar-refractivity contribution in [2.45, 2.75) is 13.0 Å². The summed E-state index contributed by atoms with van der Waals surface area (Å²) in [7, 11) is 0. The SMILES string of the molecule is C[C@@H](OC(=O)c1cc(Br)ccc1F)c1nc2ccccc2c(=O)[nH]1. The number of benzene rings is 2. The standard InChI is InChI=1S/C17H12BrFN2O3/c1-9(24-17(23)12-8-10(18)6-7-13(12)19)15-20-14-5-3-2-4-11(14)16(22)21-15/h2-9H,1H3,(H,20,21,22)/t9-/m1/s1. The maximum atomic E-state index is 13.8. The van der Waals surface area contributed by atoms with Crippen LogP contribution in [0.4, 0.5) is 4.39 Å². The molecule has 1 N–H and O–H groups in total. The molecule has 0 saturated carbocycles. The zero-order valence-electron chi connectivity index (χ0n) is 12.5. The summed E-state index contributed by atoms with van der Waals surface area (Å²) in [5.74, 6) is -1.32. The van der Waals surface area contributed by atoms with Gasteiger partial charge in [-0.2, -0.15) is 0 Å². The van der Waals surface area contributed by atoms with Gasteiger partial charge in [-0.05, 0) is 37.3 Å². The highest BCUT2D eigenvalue weighted by Crippen LogP contribution is 2.20. The lowest BCUT2D eigenvalue weighted by atomic mass is 10.2. The number of para-hydroxylation sites is 1. The van der Waals surface area contributed by atoms with Crippen molar-refractivity contribution in [3.05, 3.63) is 74.5 Å². The molecule has 3 rings (SSSR count). The summed E-state index contributed by atoms with van der Waals surface area (Å²) >= 11 is 3.18. The number of hydrogen-bond acceptors (Lipinski definition) is 4. The van der Waals surface area contributed by atoms with E-state index in [0.29, 0.717) is 15.4 Å². The lowest BCUT2D eigenvalue weighted by Crippen LogP contribution is -2.18. The predicted octanol–water partition coefficient (Wildman–Crippen LogP) is 3.74. The number of H-pyrrole nitrogens is 1. The number of fused-ring (bicyclic) bond motifs is 1. The number of halogens is 2. The van der Waals surface area contributed by atoms with Gasteiger partial charge in [0.15, 0.2) is 11.9 Å². The number of ether oxygens (including phenoxy) is 1. The Morgan fingerprint density at radius 3 is 2.83 bits per heavy atom. The van der Waals surface area contributed by atoms with Crippen LogP contribution in [0.25, 0.3) is 10.9 Å². The van der Waals surface area contributed by atoms with Gasteiger partial charge in [-0.3, -0.25) is 4.79 Å². The third-order valence-electron chi connectivity index (χ3n) is 3.45. The van der Waals surface area contributed by atoms with E-state index in [1.54, 1.807) is 31.2 Å². The number of esters is 1. The Balaban J connectivity index is 1.89. The Morgan fingerprint density at radius 2 is 2.04 bits per heavy atom. The molecule has 0 spiro atoms. The van der Waals surface area contributed by atoms with Crippen molar-refractivity contribution >= 4 is 32.8 Å². The second kappa shape index (κ2) is 6.52. The maximum Gasteiger partial charge on any atom is 0.341 e. The van der Waals surface area contributed by atoms with E-state index in [4.69, 9.17) is 4.74 Å². The molecule has 0 radical (unpaired) electrons. The van der Waals surface area contributed by atoms with Gasteiger partial charge in [0.05, 0.1) is 16.5 Å². The minimum absolute atomic E-state index is 0.195. The molecule has 0 aliphatic rings. The Labute approximate surface area is 144 Å². The zero-order valence-corrected chi connectivity index (χ0v) is 14.1. The zero-order chi connectivity index (χ0) is 17.3. The molecule has 1 heterocycles. The number of nitrogens with one attached hydrogen (secondary N) is 1. The number of aromatic nitrogens is 2. The summed E-state index contributed by atoms with van der Waals surface area (Å²) in [5.41, 5.74) is -0.0284. The number of aromatic amines is 1. The fraction of sp³-hybridized carbons (Fsp3) is 0.118. The second-order valence-electron chi connectivity index (χ2n) is 5.14. The molecular weight excluding hydrogens is 379 g/mol. The number of carbonyl (C=O) groups excluding carboxylic acids is 1. The quantitative estimate of drug-likeness (QED) is 0.691. The summed E-state index contributed by atoms with van der Waals surface area (Å²) < 4.78 is 19.5. The maximum absolute atomic E-state index is 13.8. The molecule has 3 aromatic rings. The molecule has 0 aliphatic heterocycles. The third kappa shape index (κ3) is 3.21. The number of nitrogens with zero attached hydrogens (tertiary/aromatic N) is 1. The fourth-order valence-electron chi connectivity index (χ4n) is 2.23. The van der Waals surface area contributed by atoms with Gasteiger partial charge in [-0.1, -0.05) is 28.1 Å². The molecule has 2 aromatic carbocycles. The van der Waals surface area contributed by atoms with Crippen LogP contribution in [-0.4, -0.2) is 15.9 Å². The first-order valence-corrected chi connectivity index (χ1v) is 7.90. The van der Waals surface area contributed by atoms with E-state index in [1.807, 2.05) is 0 Å². The molecular formula is C17H12BrFN2O3. The molecule has 0 bridgehead atoms. The average Bonchev–Trinajstić information content (AvgIpc) is 2.57. The van der Waals surface area contributed by atoms with E-state index in [-0.39, 0.29) is 16.9 Å². The van der Waals surface area contributed by atoms with Crippen molar-refractivity contribution in [2.24, 2.45) is 0 Å². The van der Waals surface area contributed by atoms with Crippen LogP contribution in [0.15, 0.2) is 51.7 Å². The first-order chi connectivity index (χ1) is 11.5. The van der Waals surface area contributed by atoms with Gasteiger partial charge in [0, 0.05) is 4.47 Å². The van der Waals surface area contributed by atoms with Crippen LogP contribution in [0.5, 0.6) is 0 Å². The topological polar surface area (TPSA) is 72.0 Å². The molecule has 7 heteroatoms. The molecule has 0 saturated heterocycles. The van der Waals surface area contributed by atoms with Crippen LogP contribution >= 0.6 is 15.9 Å². The predicted molar refractivity (Wildman–Crippen MR) is 90.3 cm³/mol. The normalized spacial score (nSPS) is 12.1. The number of carbonyl (C=O) groups is 1. The summed E-state index contributed by atoms with van der Waals surface area (Å²) in [6.07, 6.45) is -0.840. The molecule has 0 unspecified atom stereocenters. The second-order valence-corrected chi connectivity index (χ2v) is 6.06. The van der Waals surface area contributed by atoms with Crippen molar-refractivity contribution < 1.29 is 13.9 Å². The Morgan fingerprint density at radius 1 is 1.29 bits per heavy atom. The molecule has 0 aliphatic carbocycles. The lowest BCUT2D eigenvalue weighted by molar-refractivity contribution is 0.0314. The lowest BCUT2D eigenvalue weighted by Gasteiger charge is -2.13. The summed E-state index contributed by atoms with van der Waals surface area (Å²) in [6, 6.07) is 10.8. The highest BCUT2D eigenvalue weighted by Gasteiger charge is 2.19. The van der Waals surface area contributed by atoms with Crippen LogP contribution in [-0.2, 0) is 4.74 Å². The van der Waals surface area contributed by atoms with E-state index < -0.39 is 17.9 Å². The fourth-order valence-corrected chi connectivity index (χ4v) is 2.59. The van der Waals surface area contributed by atoms with Gasteiger partial charge in [0.25, 0.3) is 5.56 Å². The van der Waals surface area contributed by atoms with E-state index in [1.165, 1.54) is 18.2 Å². The van der Waals surface area contributed by atoms with Gasteiger partial charge < -0.3 is 9.72 Å². The van der Waals surface area contributed by atoms with Gasteiger partial charge in [0.2, 0.25) is 0 Å². The highest BCUT2D eigenvalue weighted by molar-refractivity contribution is 9.10. The van der Waals surface area contributed by atoms with E-state index in [0.717, 1.165) is 0 Å². The van der Waals surface area contributed by atoms with Crippen molar-refractivity contribution in [3.63, 3.8) is 0 Å². The van der Waals surface area contributed by atoms with Gasteiger partial charge in [0.1, 0.15) is 5.82 Å². The Kier molecular flexibility index (Phi) is 4.44. The summed E-state index contributed by atoms with van der Waals surface area (Å²) in [4.78, 5) is 31.1. The summed E-state index contributed by atoms with van der Waals surface area (Å²) in [5, 5.41) is 0.442. The van der Waals surface area contributed by atoms with E-state index in [9.17, 15) is 14.0 Å². The first-order valence-electron chi connectivity index (χ1n) is 7.10. The number of hydrogen-bond donors (Lipinski definition) is 1. The molecule has 24 heavy (non-hydrogen) atoms. The molecule has 1 atom stereocenters. The average molecular weight is 391 g/mol. The molecule has 5 nitrogen and oxygen atoms in total. The van der Waals surface area contributed by atoms with Crippen LogP contribution in [0.1, 0.15) is 29.2 Å². The molecule has 1 aromatic heterocycles. The third-order valence-corrected chi connectivity index (χ3v) is 3.94. The minimum atomic E-state index is -0.840. The monoisotopic (exact) mass is 390 g/mol. The number of rotatable bonds is 3. The van der Waals surface area contributed by atoms with Crippen molar-refractivity contribution in [3.8, 4) is 0 Å². The van der Waals surface area contributed by atoms with Crippen LogP contribution in [0.2, 0.25) is 0 Å². The Bertz CT molecular complexity index is 987.